The highest BCUT2D eigenvalue weighted by Gasteiger charge is 2.12. The first-order valence-electron chi connectivity index (χ1n) is 7.92. The molecule has 0 fully saturated rings. The average Bonchev–Trinajstić information content (AvgIpc) is 3.07. The fourth-order valence-electron chi connectivity index (χ4n) is 2.41. The van der Waals surface area contributed by atoms with Crippen LogP contribution in [0.3, 0.4) is 0 Å². The van der Waals surface area contributed by atoms with Gasteiger partial charge in [-0.25, -0.2) is 13.1 Å². The highest BCUT2D eigenvalue weighted by Crippen LogP contribution is 2.22. The van der Waals surface area contributed by atoms with Gasteiger partial charge in [-0.05, 0) is 42.8 Å². The van der Waals surface area contributed by atoms with Crippen LogP contribution in [0, 0.1) is 6.92 Å². The zero-order valence-corrected chi connectivity index (χ0v) is 16.2. The Bertz CT molecular complexity index is 1110. The lowest BCUT2D eigenvalue weighted by Crippen LogP contribution is -2.13. The zero-order chi connectivity index (χ0) is 19.6. The van der Waals surface area contributed by atoms with E-state index >= 15 is 0 Å². The van der Waals surface area contributed by atoms with Crippen molar-refractivity contribution >= 4 is 38.9 Å². The summed E-state index contributed by atoms with van der Waals surface area (Å²) in [5.41, 5.74) is 2.70. The minimum absolute atomic E-state index is 0.355. The van der Waals surface area contributed by atoms with E-state index in [1.165, 1.54) is 6.20 Å². The number of nitrogens with zero attached hydrogens (tertiary/aromatic N) is 2. The van der Waals surface area contributed by atoms with Gasteiger partial charge in [0.05, 0.1) is 29.4 Å². The number of carbonyl (C=O) groups excluding carboxylic acids is 1. The number of halogens is 1. The van der Waals surface area contributed by atoms with Gasteiger partial charge in [0.15, 0.2) is 0 Å². The van der Waals surface area contributed by atoms with Gasteiger partial charge in [-0.15, -0.1) is 0 Å². The molecule has 0 atom stereocenters. The van der Waals surface area contributed by atoms with E-state index in [-0.39, 0.29) is 5.91 Å². The van der Waals surface area contributed by atoms with Crippen molar-refractivity contribution in [1.82, 2.24) is 9.78 Å². The van der Waals surface area contributed by atoms with Crippen LogP contribution in [0.5, 0.6) is 0 Å². The molecule has 1 aromatic heterocycles. The summed E-state index contributed by atoms with van der Waals surface area (Å²) in [5, 5.41) is 7.48. The maximum Gasteiger partial charge on any atom is 0.258 e. The lowest BCUT2D eigenvalue weighted by atomic mass is 10.2. The molecule has 2 N–H and O–H groups in total. The summed E-state index contributed by atoms with van der Waals surface area (Å²) < 4.78 is 26.9. The predicted octanol–water partition coefficient (Wildman–Crippen LogP) is 3.46. The quantitative estimate of drug-likeness (QED) is 0.681. The van der Waals surface area contributed by atoms with Crippen molar-refractivity contribution in [3.05, 3.63) is 71.0 Å². The van der Waals surface area contributed by atoms with E-state index in [9.17, 15) is 13.2 Å². The molecular formula is C18H17ClN4O3S. The SMILES string of the molecule is Cc1ccc(NC(=O)c2cnn(-c3cccc(Cl)c3)c2)cc1NS(C)(=O)=O. The normalized spacial score (nSPS) is 11.2. The fourth-order valence-corrected chi connectivity index (χ4v) is 3.22. The summed E-state index contributed by atoms with van der Waals surface area (Å²) in [6.07, 6.45) is 4.10. The van der Waals surface area contributed by atoms with Crippen LogP contribution in [-0.4, -0.2) is 30.4 Å². The standard InChI is InChI=1S/C18H17ClN4O3S/c1-12-6-7-15(9-17(12)22-27(2,25)26)21-18(24)13-10-20-23(11-13)16-5-3-4-14(19)8-16/h3-11,22H,1-2H3,(H,21,24). The van der Waals surface area contributed by atoms with Gasteiger partial charge in [0, 0.05) is 16.9 Å². The number of carbonyl (C=O) groups is 1. The summed E-state index contributed by atoms with van der Waals surface area (Å²) in [7, 11) is -3.41. The van der Waals surface area contributed by atoms with Crippen molar-refractivity contribution in [3.63, 3.8) is 0 Å². The Morgan fingerprint density at radius 2 is 1.96 bits per heavy atom. The number of amides is 1. The van der Waals surface area contributed by atoms with E-state index in [1.807, 2.05) is 6.07 Å². The second-order valence-electron chi connectivity index (χ2n) is 6.01. The Balaban J connectivity index is 1.79. The number of anilines is 2. The Morgan fingerprint density at radius 3 is 2.67 bits per heavy atom. The molecular weight excluding hydrogens is 388 g/mol. The second-order valence-corrected chi connectivity index (χ2v) is 8.20. The van der Waals surface area contributed by atoms with Crippen LogP contribution in [0.15, 0.2) is 54.9 Å². The zero-order valence-electron chi connectivity index (χ0n) is 14.6. The van der Waals surface area contributed by atoms with Gasteiger partial charge >= 0.3 is 0 Å². The van der Waals surface area contributed by atoms with E-state index in [1.54, 1.807) is 54.2 Å². The van der Waals surface area contributed by atoms with Crippen molar-refractivity contribution in [2.45, 2.75) is 6.92 Å². The van der Waals surface area contributed by atoms with Gasteiger partial charge < -0.3 is 5.32 Å². The third kappa shape index (κ3) is 4.87. The molecule has 1 amide bonds. The number of rotatable bonds is 5. The molecule has 27 heavy (non-hydrogen) atoms. The highest BCUT2D eigenvalue weighted by molar-refractivity contribution is 7.92. The summed E-state index contributed by atoms with van der Waals surface area (Å²) in [5.74, 6) is -0.363. The number of hydrogen-bond donors (Lipinski definition) is 2. The molecule has 0 unspecified atom stereocenters. The van der Waals surface area contributed by atoms with Crippen molar-refractivity contribution in [3.8, 4) is 5.69 Å². The molecule has 0 aliphatic carbocycles. The first-order valence-corrected chi connectivity index (χ1v) is 10.2. The van der Waals surface area contributed by atoms with Crippen LogP contribution < -0.4 is 10.0 Å². The summed E-state index contributed by atoms with van der Waals surface area (Å²) >= 11 is 5.98. The van der Waals surface area contributed by atoms with Gasteiger partial charge in [-0.2, -0.15) is 5.10 Å². The van der Waals surface area contributed by atoms with Crippen LogP contribution >= 0.6 is 11.6 Å². The number of sulfonamides is 1. The molecule has 0 spiro atoms. The Kier molecular flexibility index (Phi) is 5.20. The molecule has 140 valence electrons. The van der Waals surface area contributed by atoms with E-state index in [0.717, 1.165) is 17.5 Å². The van der Waals surface area contributed by atoms with Gasteiger partial charge in [0.1, 0.15) is 0 Å². The van der Waals surface area contributed by atoms with E-state index < -0.39 is 10.0 Å². The average molecular weight is 405 g/mol. The lowest BCUT2D eigenvalue weighted by Gasteiger charge is -2.10. The van der Waals surface area contributed by atoms with Crippen LogP contribution in [0.2, 0.25) is 5.02 Å². The first-order chi connectivity index (χ1) is 12.7. The number of hydrogen-bond acceptors (Lipinski definition) is 4. The van der Waals surface area contributed by atoms with Gasteiger partial charge in [-0.1, -0.05) is 23.7 Å². The van der Waals surface area contributed by atoms with Crippen molar-refractivity contribution in [1.29, 1.82) is 0 Å². The van der Waals surface area contributed by atoms with Crippen LogP contribution in [0.1, 0.15) is 15.9 Å². The predicted molar refractivity (Wildman–Crippen MR) is 106 cm³/mol. The van der Waals surface area contributed by atoms with E-state index in [0.29, 0.717) is 22.0 Å². The van der Waals surface area contributed by atoms with Crippen molar-refractivity contribution in [2.24, 2.45) is 0 Å². The van der Waals surface area contributed by atoms with Gasteiger partial charge in [-0.3, -0.25) is 9.52 Å². The third-order valence-electron chi connectivity index (χ3n) is 3.71. The Hall–Kier alpha value is -2.84. The molecule has 7 nitrogen and oxygen atoms in total. The molecule has 3 aromatic rings. The molecule has 0 saturated heterocycles. The van der Waals surface area contributed by atoms with Gasteiger partial charge in [0.25, 0.3) is 5.91 Å². The van der Waals surface area contributed by atoms with E-state index in [2.05, 4.69) is 15.1 Å². The maximum atomic E-state index is 12.5. The van der Waals surface area contributed by atoms with Crippen LogP contribution in [-0.2, 0) is 10.0 Å². The van der Waals surface area contributed by atoms with Gasteiger partial charge in [0.2, 0.25) is 10.0 Å². The number of benzene rings is 2. The summed E-state index contributed by atoms with van der Waals surface area (Å²) in [4.78, 5) is 12.5. The first kappa shape index (κ1) is 18.9. The molecule has 9 heteroatoms. The number of nitrogens with one attached hydrogen (secondary N) is 2. The molecule has 0 bridgehead atoms. The molecule has 1 heterocycles. The van der Waals surface area contributed by atoms with Crippen LogP contribution in [0.4, 0.5) is 11.4 Å². The Morgan fingerprint density at radius 1 is 1.19 bits per heavy atom. The highest BCUT2D eigenvalue weighted by atomic mass is 35.5. The molecule has 0 aliphatic rings. The summed E-state index contributed by atoms with van der Waals surface area (Å²) in [6, 6.07) is 12.1. The molecule has 0 radical (unpaired) electrons. The summed E-state index contributed by atoms with van der Waals surface area (Å²) in [6.45, 7) is 1.77. The third-order valence-corrected chi connectivity index (χ3v) is 4.53. The van der Waals surface area contributed by atoms with Crippen LogP contribution in [0.25, 0.3) is 5.69 Å². The largest absolute Gasteiger partial charge is 0.322 e. The lowest BCUT2D eigenvalue weighted by molar-refractivity contribution is 0.102. The molecule has 0 aliphatic heterocycles. The molecule has 2 aromatic carbocycles. The smallest absolute Gasteiger partial charge is 0.258 e. The number of aryl methyl sites for hydroxylation is 1. The molecule has 3 rings (SSSR count). The number of aromatic nitrogens is 2. The minimum Gasteiger partial charge on any atom is -0.322 e. The van der Waals surface area contributed by atoms with E-state index in [4.69, 9.17) is 11.6 Å². The maximum absolute atomic E-state index is 12.5. The van der Waals surface area contributed by atoms with Crippen molar-refractivity contribution < 1.29 is 13.2 Å². The molecule has 0 saturated carbocycles. The minimum atomic E-state index is -3.41. The Labute approximate surface area is 162 Å². The van der Waals surface area contributed by atoms with Crippen molar-refractivity contribution in [2.75, 3.05) is 16.3 Å². The monoisotopic (exact) mass is 404 g/mol. The fraction of sp³-hybridized carbons (Fsp3) is 0.111. The second kappa shape index (κ2) is 7.42. The topological polar surface area (TPSA) is 93.1 Å².